The quantitative estimate of drug-likeness (QED) is 0.835. The molecule has 1 unspecified atom stereocenters. The van der Waals surface area contributed by atoms with E-state index in [9.17, 15) is 9.90 Å². The lowest BCUT2D eigenvalue weighted by Gasteiger charge is -2.27. The molecule has 1 atom stereocenters. The predicted octanol–water partition coefficient (Wildman–Crippen LogP) is 2.79. The van der Waals surface area contributed by atoms with Crippen molar-refractivity contribution in [3.8, 4) is 0 Å². The summed E-state index contributed by atoms with van der Waals surface area (Å²) >= 11 is 3.40. The second-order valence-corrected chi connectivity index (χ2v) is 6.30. The summed E-state index contributed by atoms with van der Waals surface area (Å²) in [4.78, 5) is 14.1. The number of amides is 1. The minimum absolute atomic E-state index is 0.0650. The summed E-state index contributed by atoms with van der Waals surface area (Å²) < 4.78 is 0.992. The molecule has 0 bridgehead atoms. The van der Waals surface area contributed by atoms with Crippen LogP contribution in [0.5, 0.6) is 0 Å². The van der Waals surface area contributed by atoms with E-state index < -0.39 is 6.10 Å². The van der Waals surface area contributed by atoms with Crippen molar-refractivity contribution in [1.29, 1.82) is 0 Å². The van der Waals surface area contributed by atoms with Crippen LogP contribution < -0.4 is 5.32 Å². The SMILES string of the molecule is Cc1cc(Br)ccc1NC(=O)CN(CC(C)O)C(C)C. The second kappa shape index (κ2) is 7.76. The van der Waals surface area contributed by atoms with Crippen LogP contribution in [0.1, 0.15) is 26.3 Å². The smallest absolute Gasteiger partial charge is 0.238 e. The van der Waals surface area contributed by atoms with Gasteiger partial charge >= 0.3 is 0 Å². The van der Waals surface area contributed by atoms with E-state index in [-0.39, 0.29) is 18.5 Å². The minimum Gasteiger partial charge on any atom is -0.392 e. The van der Waals surface area contributed by atoms with Crippen LogP contribution in [0.4, 0.5) is 5.69 Å². The first-order valence-electron chi connectivity index (χ1n) is 6.77. The van der Waals surface area contributed by atoms with E-state index in [1.807, 2.05) is 43.9 Å². The third-order valence-electron chi connectivity index (χ3n) is 3.04. The summed E-state index contributed by atoms with van der Waals surface area (Å²) in [6.07, 6.45) is -0.445. The van der Waals surface area contributed by atoms with E-state index in [0.717, 1.165) is 15.7 Å². The van der Waals surface area contributed by atoms with Crippen molar-refractivity contribution in [3.05, 3.63) is 28.2 Å². The van der Waals surface area contributed by atoms with Gasteiger partial charge in [-0.3, -0.25) is 9.69 Å². The Kier molecular flexibility index (Phi) is 6.65. The monoisotopic (exact) mass is 342 g/mol. The molecule has 0 aliphatic rings. The number of rotatable bonds is 6. The number of nitrogens with zero attached hydrogens (tertiary/aromatic N) is 1. The predicted molar refractivity (Wildman–Crippen MR) is 85.9 cm³/mol. The van der Waals surface area contributed by atoms with Gasteiger partial charge < -0.3 is 10.4 Å². The standard InChI is InChI=1S/C15H23BrN2O2/c1-10(2)18(8-12(4)19)9-15(20)17-14-6-5-13(16)7-11(14)3/h5-7,10,12,19H,8-9H2,1-4H3,(H,17,20). The Hall–Kier alpha value is -0.910. The Bertz CT molecular complexity index is 461. The molecule has 5 heteroatoms. The van der Waals surface area contributed by atoms with Crippen molar-refractivity contribution < 1.29 is 9.90 Å². The fourth-order valence-electron chi connectivity index (χ4n) is 1.94. The zero-order chi connectivity index (χ0) is 15.3. The molecule has 1 amide bonds. The minimum atomic E-state index is -0.445. The molecule has 1 rings (SSSR count). The summed E-state index contributed by atoms with van der Waals surface area (Å²) in [5.74, 6) is -0.0650. The Balaban J connectivity index is 2.65. The van der Waals surface area contributed by atoms with Crippen LogP contribution in [0.3, 0.4) is 0 Å². The van der Waals surface area contributed by atoms with E-state index in [4.69, 9.17) is 0 Å². The maximum atomic E-state index is 12.1. The van der Waals surface area contributed by atoms with Gasteiger partial charge in [-0.05, 0) is 51.5 Å². The summed E-state index contributed by atoms with van der Waals surface area (Å²) in [6, 6.07) is 5.96. The molecule has 0 fully saturated rings. The summed E-state index contributed by atoms with van der Waals surface area (Å²) in [5.41, 5.74) is 1.83. The van der Waals surface area contributed by atoms with Crippen molar-refractivity contribution in [2.24, 2.45) is 0 Å². The number of nitrogens with one attached hydrogen (secondary N) is 1. The molecule has 0 saturated carbocycles. The number of carbonyl (C=O) groups excluding carboxylic acids is 1. The van der Waals surface area contributed by atoms with Crippen LogP contribution in [-0.2, 0) is 4.79 Å². The van der Waals surface area contributed by atoms with Gasteiger partial charge in [0.1, 0.15) is 0 Å². The zero-order valence-electron chi connectivity index (χ0n) is 12.5. The molecule has 0 saturated heterocycles. The molecule has 112 valence electrons. The van der Waals surface area contributed by atoms with Gasteiger partial charge in [0.05, 0.1) is 12.6 Å². The number of aryl methyl sites for hydroxylation is 1. The molecule has 0 spiro atoms. The lowest BCUT2D eigenvalue weighted by molar-refractivity contribution is -0.118. The highest BCUT2D eigenvalue weighted by atomic mass is 79.9. The highest BCUT2D eigenvalue weighted by Crippen LogP contribution is 2.20. The number of carbonyl (C=O) groups is 1. The van der Waals surface area contributed by atoms with Gasteiger partial charge in [-0.1, -0.05) is 15.9 Å². The van der Waals surface area contributed by atoms with E-state index in [1.54, 1.807) is 6.92 Å². The lowest BCUT2D eigenvalue weighted by atomic mass is 10.2. The van der Waals surface area contributed by atoms with Crippen molar-refractivity contribution in [3.63, 3.8) is 0 Å². The first-order valence-corrected chi connectivity index (χ1v) is 7.57. The van der Waals surface area contributed by atoms with E-state index in [0.29, 0.717) is 6.54 Å². The molecular weight excluding hydrogens is 320 g/mol. The number of hydrogen-bond donors (Lipinski definition) is 2. The zero-order valence-corrected chi connectivity index (χ0v) is 14.1. The Morgan fingerprint density at radius 2 is 2.05 bits per heavy atom. The van der Waals surface area contributed by atoms with Gasteiger partial charge in [-0.25, -0.2) is 0 Å². The number of hydrogen-bond acceptors (Lipinski definition) is 3. The van der Waals surface area contributed by atoms with Crippen LogP contribution >= 0.6 is 15.9 Å². The Labute approximate surface area is 129 Å². The molecule has 1 aromatic carbocycles. The molecule has 20 heavy (non-hydrogen) atoms. The second-order valence-electron chi connectivity index (χ2n) is 5.38. The van der Waals surface area contributed by atoms with Crippen molar-refractivity contribution >= 4 is 27.5 Å². The largest absolute Gasteiger partial charge is 0.392 e. The molecular formula is C15H23BrN2O2. The fraction of sp³-hybridized carbons (Fsp3) is 0.533. The van der Waals surface area contributed by atoms with Gasteiger partial charge in [0.25, 0.3) is 0 Å². The average molecular weight is 343 g/mol. The average Bonchev–Trinajstić information content (AvgIpc) is 2.31. The van der Waals surface area contributed by atoms with Crippen molar-refractivity contribution in [2.75, 3.05) is 18.4 Å². The summed E-state index contributed by atoms with van der Waals surface area (Å²) in [6.45, 7) is 8.48. The third-order valence-corrected chi connectivity index (χ3v) is 3.53. The maximum Gasteiger partial charge on any atom is 0.238 e. The molecule has 0 heterocycles. The number of anilines is 1. The number of benzene rings is 1. The summed E-state index contributed by atoms with van der Waals surface area (Å²) in [5, 5.41) is 12.4. The lowest BCUT2D eigenvalue weighted by Crippen LogP contribution is -2.41. The molecule has 2 N–H and O–H groups in total. The van der Waals surface area contributed by atoms with Crippen LogP contribution in [0, 0.1) is 6.92 Å². The highest BCUT2D eigenvalue weighted by Gasteiger charge is 2.16. The Morgan fingerprint density at radius 3 is 2.55 bits per heavy atom. The maximum absolute atomic E-state index is 12.1. The molecule has 4 nitrogen and oxygen atoms in total. The fourth-order valence-corrected chi connectivity index (χ4v) is 2.41. The summed E-state index contributed by atoms with van der Waals surface area (Å²) in [7, 11) is 0. The molecule has 0 aromatic heterocycles. The van der Waals surface area contributed by atoms with Gasteiger partial charge in [0, 0.05) is 22.7 Å². The van der Waals surface area contributed by atoms with E-state index in [1.165, 1.54) is 0 Å². The van der Waals surface area contributed by atoms with Gasteiger partial charge in [-0.2, -0.15) is 0 Å². The Morgan fingerprint density at radius 1 is 1.40 bits per heavy atom. The van der Waals surface area contributed by atoms with Crippen LogP contribution in [0.25, 0.3) is 0 Å². The van der Waals surface area contributed by atoms with Gasteiger partial charge in [0.2, 0.25) is 5.91 Å². The van der Waals surface area contributed by atoms with Crippen LogP contribution in [0.2, 0.25) is 0 Å². The molecule has 0 aliphatic heterocycles. The normalized spacial score (nSPS) is 12.8. The van der Waals surface area contributed by atoms with E-state index in [2.05, 4.69) is 21.2 Å². The third kappa shape index (κ3) is 5.61. The van der Waals surface area contributed by atoms with Crippen molar-refractivity contribution in [1.82, 2.24) is 4.90 Å². The topological polar surface area (TPSA) is 52.6 Å². The first kappa shape index (κ1) is 17.1. The van der Waals surface area contributed by atoms with E-state index >= 15 is 0 Å². The van der Waals surface area contributed by atoms with Crippen LogP contribution in [0.15, 0.2) is 22.7 Å². The van der Waals surface area contributed by atoms with Gasteiger partial charge in [-0.15, -0.1) is 0 Å². The highest BCUT2D eigenvalue weighted by molar-refractivity contribution is 9.10. The number of aliphatic hydroxyl groups excluding tert-OH is 1. The number of halogens is 1. The van der Waals surface area contributed by atoms with Gasteiger partial charge in [0.15, 0.2) is 0 Å². The number of aliphatic hydroxyl groups is 1. The van der Waals surface area contributed by atoms with Crippen molar-refractivity contribution in [2.45, 2.75) is 39.8 Å². The van der Waals surface area contributed by atoms with Crippen LogP contribution in [-0.4, -0.2) is 41.1 Å². The molecule has 1 aromatic rings. The molecule has 0 radical (unpaired) electrons. The molecule has 0 aliphatic carbocycles. The first-order chi connectivity index (χ1) is 9.29.